The first-order chi connectivity index (χ1) is 15.5. The molecule has 1 aliphatic heterocycles. The Balaban J connectivity index is 1.30. The second-order valence-electron chi connectivity index (χ2n) is 8.47. The van der Waals surface area contributed by atoms with Gasteiger partial charge in [-0.3, -0.25) is 0 Å². The summed E-state index contributed by atoms with van der Waals surface area (Å²) in [6.07, 6.45) is 0.129. The van der Waals surface area contributed by atoms with Crippen molar-refractivity contribution >= 4 is 21.5 Å². The van der Waals surface area contributed by atoms with Gasteiger partial charge in [0.05, 0.1) is 44.7 Å². The van der Waals surface area contributed by atoms with E-state index in [2.05, 4.69) is 0 Å². The van der Waals surface area contributed by atoms with Crippen LogP contribution in [0.4, 0.5) is 0 Å². The van der Waals surface area contributed by atoms with Crippen molar-refractivity contribution in [3.63, 3.8) is 0 Å². The van der Waals surface area contributed by atoms with Crippen molar-refractivity contribution in [1.82, 2.24) is 0 Å². The fourth-order valence-corrected chi connectivity index (χ4v) is 3.60. The van der Waals surface area contributed by atoms with E-state index in [1.165, 1.54) is 0 Å². The van der Waals surface area contributed by atoms with Gasteiger partial charge in [-0.25, -0.2) is 0 Å². The van der Waals surface area contributed by atoms with E-state index in [0.717, 1.165) is 33.9 Å². The van der Waals surface area contributed by atoms with Crippen LogP contribution in [-0.4, -0.2) is 62.6 Å². The third kappa shape index (κ3) is 5.70. The molecule has 1 saturated heterocycles. The summed E-state index contributed by atoms with van der Waals surface area (Å²) in [5.74, 6) is 1.04. The summed E-state index contributed by atoms with van der Waals surface area (Å²) in [6.45, 7) is 8.79. The minimum Gasteiger partial charge on any atom is -0.507 e. The third-order valence-corrected chi connectivity index (χ3v) is 5.52. The van der Waals surface area contributed by atoms with Crippen molar-refractivity contribution < 1.29 is 28.8 Å². The van der Waals surface area contributed by atoms with Gasteiger partial charge in [-0.1, -0.05) is 48.5 Å². The molecule has 0 saturated carbocycles. The van der Waals surface area contributed by atoms with Crippen LogP contribution in [0.3, 0.4) is 0 Å². The van der Waals surface area contributed by atoms with E-state index >= 15 is 0 Å². The van der Waals surface area contributed by atoms with Gasteiger partial charge in [0.15, 0.2) is 0 Å². The lowest BCUT2D eigenvalue weighted by Crippen LogP contribution is -2.27. The van der Waals surface area contributed by atoms with Crippen LogP contribution in [0, 0.1) is 0 Å². The van der Waals surface area contributed by atoms with Crippen LogP contribution in [0.5, 0.6) is 11.5 Å². The molecule has 3 aromatic rings. The summed E-state index contributed by atoms with van der Waals surface area (Å²) in [6, 6.07) is 15.5. The molecule has 0 radical (unpaired) electrons. The highest BCUT2D eigenvalue weighted by Crippen LogP contribution is 2.41. The molecule has 4 atom stereocenters. The smallest absolute Gasteiger partial charge is 0.135 e. The minimum absolute atomic E-state index is 0.0264. The lowest BCUT2D eigenvalue weighted by Gasteiger charge is -2.21. The van der Waals surface area contributed by atoms with Gasteiger partial charge in [-0.2, -0.15) is 0 Å². The molecule has 1 fully saturated rings. The molecular weight excluding hydrogens is 408 g/mol. The summed E-state index contributed by atoms with van der Waals surface area (Å²) in [5.41, 5.74) is 0. The van der Waals surface area contributed by atoms with Crippen molar-refractivity contribution in [3.8, 4) is 11.5 Å². The standard InChI is InChI=1S/C26H32O6/c1-17(28-13-18(2)30-15-20-16-31-20)12-29-19(3)14-32-26-23-10-6-4-8-21(23)25(27)22-9-5-7-11-24(22)26/h4-11,17-20,27H,12-16H2,1-3H3. The van der Waals surface area contributed by atoms with Gasteiger partial charge < -0.3 is 28.8 Å². The lowest BCUT2D eigenvalue weighted by molar-refractivity contribution is -0.0740. The molecule has 1 aliphatic rings. The van der Waals surface area contributed by atoms with E-state index in [1.54, 1.807) is 0 Å². The van der Waals surface area contributed by atoms with Crippen LogP contribution < -0.4 is 4.74 Å². The van der Waals surface area contributed by atoms with E-state index in [4.69, 9.17) is 23.7 Å². The molecule has 0 spiro atoms. The predicted molar refractivity (Wildman–Crippen MR) is 125 cm³/mol. The van der Waals surface area contributed by atoms with Crippen LogP contribution in [0.1, 0.15) is 20.8 Å². The number of phenols is 1. The van der Waals surface area contributed by atoms with E-state index in [9.17, 15) is 5.11 Å². The topological polar surface area (TPSA) is 69.7 Å². The van der Waals surface area contributed by atoms with Crippen molar-refractivity contribution in [2.24, 2.45) is 0 Å². The highest BCUT2D eigenvalue weighted by atomic mass is 16.6. The van der Waals surface area contributed by atoms with Gasteiger partial charge in [0, 0.05) is 21.5 Å². The van der Waals surface area contributed by atoms with Gasteiger partial charge in [-0.05, 0) is 20.8 Å². The molecule has 1 heterocycles. The molecule has 0 bridgehead atoms. The molecule has 0 aliphatic carbocycles. The lowest BCUT2D eigenvalue weighted by atomic mass is 10.0. The molecule has 0 aromatic heterocycles. The Labute approximate surface area is 189 Å². The zero-order chi connectivity index (χ0) is 22.5. The number of hydrogen-bond donors (Lipinski definition) is 1. The number of rotatable bonds is 12. The monoisotopic (exact) mass is 440 g/mol. The van der Waals surface area contributed by atoms with E-state index in [-0.39, 0.29) is 30.2 Å². The average molecular weight is 441 g/mol. The number of benzene rings is 3. The first-order valence-electron chi connectivity index (χ1n) is 11.2. The SMILES string of the molecule is CC(COc1c2ccccc2c(O)c2ccccc12)OCC(C)OCC(C)OCC1CO1. The van der Waals surface area contributed by atoms with Crippen molar-refractivity contribution in [3.05, 3.63) is 48.5 Å². The summed E-state index contributed by atoms with van der Waals surface area (Å²) in [5, 5.41) is 14.0. The maximum absolute atomic E-state index is 10.7. The summed E-state index contributed by atoms with van der Waals surface area (Å²) < 4.78 is 28.9. The fraction of sp³-hybridized carbons (Fsp3) is 0.462. The van der Waals surface area contributed by atoms with Crippen molar-refractivity contribution in [1.29, 1.82) is 0 Å². The Morgan fingerprint density at radius 2 is 1.25 bits per heavy atom. The third-order valence-electron chi connectivity index (χ3n) is 5.52. The quantitative estimate of drug-likeness (QED) is 0.325. The number of aromatic hydroxyl groups is 1. The van der Waals surface area contributed by atoms with Crippen LogP contribution in [0.2, 0.25) is 0 Å². The largest absolute Gasteiger partial charge is 0.507 e. The van der Waals surface area contributed by atoms with Gasteiger partial charge in [0.25, 0.3) is 0 Å². The van der Waals surface area contributed by atoms with Crippen LogP contribution in [0.25, 0.3) is 21.5 Å². The summed E-state index contributed by atoms with van der Waals surface area (Å²) >= 11 is 0. The molecule has 172 valence electrons. The number of epoxide rings is 1. The zero-order valence-corrected chi connectivity index (χ0v) is 19.0. The molecule has 1 N–H and O–H groups in total. The molecule has 4 unspecified atom stereocenters. The first-order valence-corrected chi connectivity index (χ1v) is 11.2. The summed E-state index contributed by atoms with van der Waals surface area (Å²) in [7, 11) is 0. The number of fused-ring (bicyclic) bond motifs is 2. The van der Waals surface area contributed by atoms with Gasteiger partial charge >= 0.3 is 0 Å². The Morgan fingerprint density at radius 1 is 0.781 bits per heavy atom. The van der Waals surface area contributed by atoms with Crippen molar-refractivity contribution in [2.75, 3.05) is 33.0 Å². The highest BCUT2D eigenvalue weighted by molar-refractivity contribution is 6.10. The molecule has 4 rings (SSSR count). The van der Waals surface area contributed by atoms with E-state index in [1.807, 2.05) is 69.3 Å². The van der Waals surface area contributed by atoms with Crippen molar-refractivity contribution in [2.45, 2.75) is 45.2 Å². The van der Waals surface area contributed by atoms with E-state index in [0.29, 0.717) is 26.4 Å². The maximum Gasteiger partial charge on any atom is 0.135 e. The maximum atomic E-state index is 10.7. The second-order valence-corrected chi connectivity index (χ2v) is 8.47. The fourth-order valence-electron chi connectivity index (χ4n) is 3.60. The number of phenolic OH excluding ortho intramolecular Hbond substituents is 1. The average Bonchev–Trinajstić information content (AvgIpc) is 3.64. The Morgan fingerprint density at radius 3 is 1.78 bits per heavy atom. The number of ether oxygens (including phenoxy) is 5. The van der Waals surface area contributed by atoms with Crippen LogP contribution in [0.15, 0.2) is 48.5 Å². The zero-order valence-electron chi connectivity index (χ0n) is 19.0. The normalized spacial score (nSPS) is 18.5. The summed E-state index contributed by atoms with van der Waals surface area (Å²) in [4.78, 5) is 0. The first kappa shape index (κ1) is 22.8. The highest BCUT2D eigenvalue weighted by Gasteiger charge is 2.23. The van der Waals surface area contributed by atoms with E-state index < -0.39 is 0 Å². The van der Waals surface area contributed by atoms with Gasteiger partial charge in [0.2, 0.25) is 0 Å². The molecule has 3 aromatic carbocycles. The second kappa shape index (κ2) is 10.5. The van der Waals surface area contributed by atoms with Gasteiger partial charge in [-0.15, -0.1) is 0 Å². The Kier molecular flexibility index (Phi) is 7.48. The van der Waals surface area contributed by atoms with Crippen LogP contribution in [-0.2, 0) is 18.9 Å². The van der Waals surface area contributed by atoms with Gasteiger partial charge in [0.1, 0.15) is 24.2 Å². The Hall–Kier alpha value is -2.38. The number of hydrogen-bond acceptors (Lipinski definition) is 6. The minimum atomic E-state index is -0.118. The molecule has 32 heavy (non-hydrogen) atoms. The van der Waals surface area contributed by atoms with Crippen LogP contribution >= 0.6 is 0 Å². The molecular formula is C26H32O6. The molecule has 0 amide bonds. The Bertz CT molecular complexity index is 974. The molecule has 6 nitrogen and oxygen atoms in total. The molecule has 6 heteroatoms. The predicted octanol–water partition coefficient (Wildman–Crippen LogP) is 4.69.